The van der Waals surface area contributed by atoms with E-state index in [4.69, 9.17) is 0 Å². The molecule has 0 unspecified atom stereocenters. The Kier molecular flexibility index (Phi) is 6.56. The summed E-state index contributed by atoms with van der Waals surface area (Å²) in [4.78, 5) is 9.02. The van der Waals surface area contributed by atoms with E-state index in [0.29, 0.717) is 17.3 Å². The Bertz CT molecular complexity index is 1310. The normalized spacial score (nSPS) is 11.3. The zero-order chi connectivity index (χ0) is 23.3. The van der Waals surface area contributed by atoms with Gasteiger partial charge in [0, 0.05) is 24.8 Å². The highest BCUT2D eigenvalue weighted by Gasteiger charge is 2.13. The van der Waals surface area contributed by atoms with Crippen molar-refractivity contribution in [3.05, 3.63) is 78.6 Å². The fraction of sp³-hybridized carbons (Fsp3) is 0.143. The summed E-state index contributed by atoms with van der Waals surface area (Å²) in [5.74, 6) is 0.856. The summed E-state index contributed by atoms with van der Waals surface area (Å²) in [7, 11) is -3.62. The van der Waals surface area contributed by atoms with Crippen LogP contribution in [0.1, 0.15) is 5.56 Å². The molecule has 0 saturated heterocycles. The number of aryl methyl sites for hydroxylation is 1. The molecule has 0 saturated carbocycles. The van der Waals surface area contributed by atoms with Gasteiger partial charge in [0.05, 0.1) is 4.90 Å². The number of nitrogens with zero attached hydrogens (tertiary/aromatic N) is 5. The van der Waals surface area contributed by atoms with Crippen molar-refractivity contribution in [2.75, 3.05) is 23.7 Å². The van der Waals surface area contributed by atoms with Crippen molar-refractivity contribution in [2.24, 2.45) is 0 Å². The topological polar surface area (TPSA) is 127 Å². The van der Waals surface area contributed by atoms with Gasteiger partial charge in [0.2, 0.25) is 16.0 Å². The summed E-state index contributed by atoms with van der Waals surface area (Å²) in [5, 5.41) is 13.7. The van der Waals surface area contributed by atoms with Crippen molar-refractivity contribution < 1.29 is 12.8 Å². The lowest BCUT2D eigenvalue weighted by molar-refractivity contribution is 0.583. The largest absolute Gasteiger partial charge is 0.353 e. The van der Waals surface area contributed by atoms with Gasteiger partial charge in [-0.2, -0.15) is 9.97 Å². The Morgan fingerprint density at radius 2 is 1.64 bits per heavy atom. The molecular formula is C21H21FN8O2S. The van der Waals surface area contributed by atoms with Gasteiger partial charge < -0.3 is 10.6 Å². The smallest absolute Gasteiger partial charge is 0.240 e. The Labute approximate surface area is 190 Å². The van der Waals surface area contributed by atoms with Crippen molar-refractivity contribution in [3.63, 3.8) is 0 Å². The van der Waals surface area contributed by atoms with Gasteiger partial charge in [-0.15, -0.1) is 10.2 Å². The van der Waals surface area contributed by atoms with Crippen LogP contribution in [0.5, 0.6) is 0 Å². The molecule has 4 aromatic rings. The van der Waals surface area contributed by atoms with Crippen molar-refractivity contribution >= 4 is 27.5 Å². The van der Waals surface area contributed by atoms with Crippen LogP contribution in [0.2, 0.25) is 0 Å². The molecule has 10 nitrogen and oxygen atoms in total. The SMILES string of the molecule is Cc1ccc(S(=O)(=O)NCCNc2nc(Nc3ccc(F)cc3)cc(-n3cnnc3)n2)cc1. The number of sulfonamides is 1. The van der Waals surface area contributed by atoms with Gasteiger partial charge in [0.25, 0.3) is 0 Å². The average Bonchev–Trinajstić information content (AvgIpc) is 3.34. The van der Waals surface area contributed by atoms with E-state index in [0.717, 1.165) is 5.56 Å². The summed E-state index contributed by atoms with van der Waals surface area (Å²) in [6.45, 7) is 2.25. The van der Waals surface area contributed by atoms with Crippen LogP contribution in [0, 0.1) is 12.7 Å². The second-order valence-electron chi connectivity index (χ2n) is 7.07. The highest BCUT2D eigenvalue weighted by Crippen LogP contribution is 2.19. The zero-order valence-corrected chi connectivity index (χ0v) is 18.4. The minimum absolute atomic E-state index is 0.122. The van der Waals surface area contributed by atoms with Gasteiger partial charge in [-0.1, -0.05) is 17.7 Å². The van der Waals surface area contributed by atoms with Gasteiger partial charge in [0.15, 0.2) is 0 Å². The quantitative estimate of drug-likeness (QED) is 0.320. The second kappa shape index (κ2) is 9.71. The van der Waals surface area contributed by atoms with E-state index in [1.807, 2.05) is 6.92 Å². The number of nitrogens with one attached hydrogen (secondary N) is 3. The lowest BCUT2D eigenvalue weighted by Crippen LogP contribution is -2.29. The molecule has 0 aliphatic heterocycles. The molecule has 0 aliphatic rings. The average molecular weight is 469 g/mol. The standard InChI is InChI=1S/C21H21FN8O2S/c1-15-2-8-18(9-3-15)33(31,32)26-11-10-23-21-28-19(27-17-6-4-16(22)5-7-17)12-20(29-21)30-13-24-25-14-30/h2-9,12-14,26H,10-11H2,1H3,(H2,23,27,28,29). The third-order valence-corrected chi connectivity index (χ3v) is 6.02. The molecule has 0 atom stereocenters. The minimum Gasteiger partial charge on any atom is -0.353 e. The maximum atomic E-state index is 13.2. The van der Waals surface area contributed by atoms with Crippen molar-refractivity contribution in [1.82, 2.24) is 29.5 Å². The second-order valence-corrected chi connectivity index (χ2v) is 8.84. The lowest BCUT2D eigenvalue weighted by Gasteiger charge is -2.12. The van der Waals surface area contributed by atoms with Crippen molar-refractivity contribution in [3.8, 4) is 5.82 Å². The molecule has 0 bridgehead atoms. The summed E-state index contributed by atoms with van der Waals surface area (Å²) >= 11 is 0. The fourth-order valence-electron chi connectivity index (χ4n) is 2.87. The maximum Gasteiger partial charge on any atom is 0.240 e. The molecule has 12 heteroatoms. The molecule has 170 valence electrons. The summed E-state index contributed by atoms with van der Waals surface area (Å²) in [6, 6.07) is 14.1. The molecule has 0 aliphatic carbocycles. The summed E-state index contributed by atoms with van der Waals surface area (Å²) in [6.07, 6.45) is 2.98. The van der Waals surface area contributed by atoms with Crippen LogP contribution < -0.4 is 15.4 Å². The van der Waals surface area contributed by atoms with Crippen LogP contribution >= 0.6 is 0 Å². The monoisotopic (exact) mass is 468 g/mol. The first-order chi connectivity index (χ1) is 15.9. The molecule has 3 N–H and O–H groups in total. The zero-order valence-electron chi connectivity index (χ0n) is 17.6. The highest BCUT2D eigenvalue weighted by atomic mass is 32.2. The van der Waals surface area contributed by atoms with Gasteiger partial charge in [0.1, 0.15) is 30.1 Å². The number of hydrogen-bond donors (Lipinski definition) is 3. The van der Waals surface area contributed by atoms with Gasteiger partial charge in [-0.3, -0.25) is 4.57 Å². The van der Waals surface area contributed by atoms with Gasteiger partial charge in [-0.05, 0) is 43.3 Å². The van der Waals surface area contributed by atoms with Crippen LogP contribution in [0.3, 0.4) is 0 Å². The van der Waals surface area contributed by atoms with E-state index in [-0.39, 0.29) is 29.8 Å². The highest BCUT2D eigenvalue weighted by molar-refractivity contribution is 7.89. The predicted octanol–water partition coefficient (Wildman–Crippen LogP) is 2.64. The van der Waals surface area contributed by atoms with Crippen LogP contribution in [-0.4, -0.2) is 46.2 Å². The van der Waals surface area contributed by atoms with E-state index in [1.54, 1.807) is 47.0 Å². The Hall–Kier alpha value is -3.90. The number of rotatable bonds is 9. The van der Waals surface area contributed by atoms with Gasteiger partial charge >= 0.3 is 0 Å². The van der Waals surface area contributed by atoms with Gasteiger partial charge in [-0.25, -0.2) is 17.5 Å². The molecule has 0 radical (unpaired) electrons. The lowest BCUT2D eigenvalue weighted by atomic mass is 10.2. The molecule has 2 aromatic heterocycles. The van der Waals surface area contributed by atoms with Crippen molar-refractivity contribution in [1.29, 1.82) is 0 Å². The molecule has 0 fully saturated rings. The Morgan fingerprint density at radius 3 is 2.33 bits per heavy atom. The van der Waals surface area contributed by atoms with E-state index < -0.39 is 10.0 Å². The Morgan fingerprint density at radius 1 is 0.939 bits per heavy atom. The van der Waals surface area contributed by atoms with E-state index in [1.165, 1.54) is 24.8 Å². The van der Waals surface area contributed by atoms with Crippen LogP contribution in [0.4, 0.5) is 21.8 Å². The first-order valence-corrected chi connectivity index (χ1v) is 11.4. The Balaban J connectivity index is 1.45. The molecule has 4 rings (SSSR count). The van der Waals surface area contributed by atoms with Crippen LogP contribution in [0.25, 0.3) is 5.82 Å². The maximum absolute atomic E-state index is 13.2. The molecule has 33 heavy (non-hydrogen) atoms. The first kappa shape index (κ1) is 22.3. The fourth-order valence-corrected chi connectivity index (χ4v) is 3.90. The third kappa shape index (κ3) is 5.87. The number of anilines is 3. The number of hydrogen-bond acceptors (Lipinski definition) is 8. The van der Waals surface area contributed by atoms with Crippen molar-refractivity contribution in [2.45, 2.75) is 11.8 Å². The first-order valence-electron chi connectivity index (χ1n) is 9.96. The molecule has 0 amide bonds. The van der Waals surface area contributed by atoms with E-state index in [2.05, 4.69) is 35.5 Å². The van der Waals surface area contributed by atoms with E-state index >= 15 is 0 Å². The van der Waals surface area contributed by atoms with E-state index in [9.17, 15) is 12.8 Å². The number of benzene rings is 2. The molecule has 2 aromatic carbocycles. The van der Waals surface area contributed by atoms with Crippen LogP contribution in [-0.2, 0) is 10.0 Å². The number of aromatic nitrogens is 5. The summed E-state index contributed by atoms with van der Waals surface area (Å²) < 4.78 is 42.2. The molecule has 2 heterocycles. The van der Waals surface area contributed by atoms with Crippen LogP contribution in [0.15, 0.2) is 72.1 Å². The summed E-state index contributed by atoms with van der Waals surface area (Å²) in [5.41, 5.74) is 1.62. The minimum atomic E-state index is -3.62. The molecule has 0 spiro atoms. The number of halogens is 1. The predicted molar refractivity (Wildman–Crippen MR) is 121 cm³/mol. The third-order valence-electron chi connectivity index (χ3n) is 4.54. The molecular weight excluding hydrogens is 447 g/mol.